The second-order valence-electron chi connectivity index (χ2n) is 9.75. The summed E-state index contributed by atoms with van der Waals surface area (Å²) in [5.74, 6) is 0.118. The molecule has 9 heteroatoms. The standard InChI is InChI=1S/C24H38N4O4S/c1-32-18-17-26-11-9-24(10-12-26,23(25)29)33(30,31)28-15-13-27(14-16-28)22-7-5-21(6-8-22)19-20-3-2-4-20/h5-8,20H,2-4,9-19H2,1H3,(H2,25,29). The van der Waals surface area contributed by atoms with Crippen molar-refractivity contribution < 1.29 is 17.9 Å². The van der Waals surface area contributed by atoms with Gasteiger partial charge in [-0.1, -0.05) is 31.4 Å². The zero-order valence-corrected chi connectivity index (χ0v) is 20.6. The van der Waals surface area contributed by atoms with Gasteiger partial charge in [0.15, 0.2) is 4.75 Å². The first-order chi connectivity index (χ1) is 15.9. The molecular weight excluding hydrogens is 440 g/mol. The van der Waals surface area contributed by atoms with E-state index in [9.17, 15) is 13.2 Å². The predicted octanol–water partition coefficient (Wildman–Crippen LogP) is 1.45. The molecule has 1 aromatic carbocycles. The van der Waals surface area contributed by atoms with Gasteiger partial charge in [-0.3, -0.25) is 4.79 Å². The molecule has 4 rings (SSSR count). The lowest BCUT2D eigenvalue weighted by Crippen LogP contribution is -2.63. The molecule has 3 aliphatic rings. The fourth-order valence-electron chi connectivity index (χ4n) is 5.30. The summed E-state index contributed by atoms with van der Waals surface area (Å²) >= 11 is 0. The Labute approximate surface area is 198 Å². The smallest absolute Gasteiger partial charge is 0.240 e. The molecule has 0 atom stereocenters. The molecule has 0 radical (unpaired) electrons. The third-order valence-electron chi connectivity index (χ3n) is 7.85. The highest BCUT2D eigenvalue weighted by molar-refractivity contribution is 7.91. The van der Waals surface area contributed by atoms with E-state index in [0.717, 1.165) is 24.6 Å². The van der Waals surface area contributed by atoms with Gasteiger partial charge in [0, 0.05) is 58.6 Å². The molecule has 2 saturated heterocycles. The fourth-order valence-corrected chi connectivity index (χ4v) is 7.39. The van der Waals surface area contributed by atoms with Crippen LogP contribution in [0.1, 0.15) is 37.7 Å². The van der Waals surface area contributed by atoms with Crippen LogP contribution in [0.3, 0.4) is 0 Å². The van der Waals surface area contributed by atoms with Gasteiger partial charge in [0.1, 0.15) is 0 Å². The highest BCUT2D eigenvalue weighted by Gasteiger charge is 2.53. The van der Waals surface area contributed by atoms with E-state index in [1.54, 1.807) is 7.11 Å². The molecule has 0 bridgehead atoms. The molecule has 1 aliphatic carbocycles. The summed E-state index contributed by atoms with van der Waals surface area (Å²) in [4.78, 5) is 16.8. The van der Waals surface area contributed by atoms with E-state index in [4.69, 9.17) is 10.5 Å². The minimum atomic E-state index is -3.84. The number of nitrogens with two attached hydrogens (primary N) is 1. The zero-order chi connectivity index (χ0) is 23.5. The van der Waals surface area contributed by atoms with Gasteiger partial charge in [-0.05, 0) is 42.9 Å². The van der Waals surface area contributed by atoms with Crippen molar-refractivity contribution in [2.45, 2.75) is 43.3 Å². The lowest BCUT2D eigenvalue weighted by molar-refractivity contribution is -0.121. The number of nitrogens with zero attached hydrogens (tertiary/aromatic N) is 3. The number of piperazine rings is 1. The van der Waals surface area contributed by atoms with E-state index in [0.29, 0.717) is 45.9 Å². The van der Waals surface area contributed by atoms with Gasteiger partial charge in [0.25, 0.3) is 0 Å². The lowest BCUT2D eigenvalue weighted by Gasteiger charge is -2.43. The number of likely N-dealkylation sites (tertiary alicyclic amines) is 1. The number of carbonyl (C=O) groups is 1. The Morgan fingerprint density at radius 2 is 1.70 bits per heavy atom. The van der Waals surface area contributed by atoms with Crippen LogP contribution in [0.25, 0.3) is 0 Å². The largest absolute Gasteiger partial charge is 0.383 e. The Hall–Kier alpha value is -1.68. The second kappa shape index (κ2) is 10.3. The molecule has 2 heterocycles. The van der Waals surface area contributed by atoms with E-state index in [1.165, 1.54) is 29.1 Å². The number of rotatable bonds is 9. The number of ether oxygens (including phenoxy) is 1. The van der Waals surface area contributed by atoms with Gasteiger partial charge in [0.2, 0.25) is 15.9 Å². The van der Waals surface area contributed by atoms with Crippen molar-refractivity contribution >= 4 is 21.6 Å². The first kappa shape index (κ1) is 24.4. The Kier molecular flexibility index (Phi) is 7.63. The number of hydrogen-bond donors (Lipinski definition) is 1. The lowest BCUT2D eigenvalue weighted by atomic mass is 9.81. The zero-order valence-electron chi connectivity index (χ0n) is 19.7. The van der Waals surface area contributed by atoms with Crippen LogP contribution in [0.2, 0.25) is 0 Å². The molecule has 2 N–H and O–H groups in total. The number of primary amides is 1. The number of sulfonamides is 1. The van der Waals surface area contributed by atoms with Crippen molar-refractivity contribution in [1.29, 1.82) is 0 Å². The Morgan fingerprint density at radius 3 is 2.21 bits per heavy atom. The Bertz CT molecular complexity index is 901. The van der Waals surface area contributed by atoms with Crippen LogP contribution in [0.15, 0.2) is 24.3 Å². The molecule has 1 saturated carbocycles. The number of methoxy groups -OCH3 is 1. The van der Waals surface area contributed by atoms with Crippen molar-refractivity contribution in [3.05, 3.63) is 29.8 Å². The van der Waals surface area contributed by atoms with Gasteiger partial charge in [0.05, 0.1) is 6.61 Å². The van der Waals surface area contributed by atoms with Crippen LogP contribution in [0, 0.1) is 5.92 Å². The molecule has 0 aromatic heterocycles. The first-order valence-corrected chi connectivity index (χ1v) is 13.6. The van der Waals surface area contributed by atoms with Crippen LogP contribution < -0.4 is 10.6 Å². The van der Waals surface area contributed by atoms with Crippen molar-refractivity contribution in [1.82, 2.24) is 9.21 Å². The molecule has 1 aromatic rings. The normalized spacial score (nSPS) is 22.8. The molecule has 0 unspecified atom stereocenters. The maximum atomic E-state index is 13.6. The van der Waals surface area contributed by atoms with Crippen LogP contribution in [0.5, 0.6) is 0 Å². The van der Waals surface area contributed by atoms with E-state index in [-0.39, 0.29) is 12.8 Å². The number of hydrogen-bond acceptors (Lipinski definition) is 6. The summed E-state index contributed by atoms with van der Waals surface area (Å²) in [6.07, 6.45) is 5.67. The van der Waals surface area contributed by atoms with Crippen LogP contribution in [0.4, 0.5) is 5.69 Å². The molecule has 2 aliphatic heterocycles. The van der Waals surface area contributed by atoms with E-state index in [1.807, 2.05) is 0 Å². The van der Waals surface area contributed by atoms with Crippen molar-refractivity contribution in [2.75, 3.05) is 64.4 Å². The molecule has 184 valence electrons. The number of anilines is 1. The van der Waals surface area contributed by atoms with Crippen LogP contribution >= 0.6 is 0 Å². The number of carbonyl (C=O) groups excluding carboxylic acids is 1. The van der Waals surface area contributed by atoms with Gasteiger partial charge < -0.3 is 20.3 Å². The summed E-state index contributed by atoms with van der Waals surface area (Å²) in [6, 6.07) is 8.71. The maximum absolute atomic E-state index is 13.6. The van der Waals surface area contributed by atoms with Crippen molar-refractivity contribution in [3.63, 3.8) is 0 Å². The minimum Gasteiger partial charge on any atom is -0.383 e. The monoisotopic (exact) mass is 478 g/mol. The highest BCUT2D eigenvalue weighted by atomic mass is 32.2. The summed E-state index contributed by atoms with van der Waals surface area (Å²) in [5.41, 5.74) is 8.23. The third-order valence-corrected chi connectivity index (χ3v) is 10.5. The quantitative estimate of drug-likeness (QED) is 0.577. The summed E-state index contributed by atoms with van der Waals surface area (Å²) in [5, 5.41) is 0. The minimum absolute atomic E-state index is 0.233. The summed E-state index contributed by atoms with van der Waals surface area (Å²) in [6.45, 7) is 4.32. The van der Waals surface area contributed by atoms with E-state index >= 15 is 0 Å². The van der Waals surface area contributed by atoms with E-state index < -0.39 is 20.7 Å². The Balaban J connectivity index is 1.37. The number of amides is 1. The third kappa shape index (κ3) is 5.06. The van der Waals surface area contributed by atoms with Gasteiger partial charge in [-0.2, -0.15) is 4.31 Å². The topological polar surface area (TPSA) is 96.2 Å². The number of piperidine rings is 1. The molecule has 3 fully saturated rings. The average molecular weight is 479 g/mol. The fraction of sp³-hybridized carbons (Fsp3) is 0.708. The second-order valence-corrected chi connectivity index (χ2v) is 12.0. The predicted molar refractivity (Wildman–Crippen MR) is 130 cm³/mol. The average Bonchev–Trinajstić information content (AvgIpc) is 2.80. The van der Waals surface area contributed by atoms with Crippen LogP contribution in [-0.2, 0) is 26.0 Å². The molecular formula is C24H38N4O4S. The van der Waals surface area contributed by atoms with Crippen LogP contribution in [-0.4, -0.2) is 87.8 Å². The first-order valence-electron chi connectivity index (χ1n) is 12.2. The SMILES string of the molecule is COCCN1CCC(C(N)=O)(S(=O)(=O)N2CCN(c3ccc(CC4CCC4)cc3)CC2)CC1. The Morgan fingerprint density at radius 1 is 1.06 bits per heavy atom. The van der Waals surface area contributed by atoms with Gasteiger partial charge in [-0.25, -0.2) is 8.42 Å². The molecule has 8 nitrogen and oxygen atoms in total. The maximum Gasteiger partial charge on any atom is 0.240 e. The van der Waals surface area contributed by atoms with E-state index in [2.05, 4.69) is 34.1 Å². The molecule has 1 amide bonds. The number of benzene rings is 1. The summed E-state index contributed by atoms with van der Waals surface area (Å²) in [7, 11) is -2.19. The summed E-state index contributed by atoms with van der Waals surface area (Å²) < 4.78 is 32.3. The highest BCUT2D eigenvalue weighted by Crippen LogP contribution is 2.34. The molecule has 0 spiro atoms. The van der Waals surface area contributed by atoms with Gasteiger partial charge in [-0.15, -0.1) is 0 Å². The van der Waals surface area contributed by atoms with Crippen molar-refractivity contribution in [2.24, 2.45) is 11.7 Å². The van der Waals surface area contributed by atoms with Gasteiger partial charge >= 0.3 is 0 Å². The molecule has 33 heavy (non-hydrogen) atoms. The van der Waals surface area contributed by atoms with Crippen molar-refractivity contribution in [3.8, 4) is 0 Å².